The minimum Gasteiger partial charge on any atom is -0.480 e. The van der Waals surface area contributed by atoms with E-state index in [2.05, 4.69) is 11.2 Å². The fourth-order valence-corrected chi connectivity index (χ4v) is 1.80. The van der Waals surface area contributed by atoms with Crippen LogP contribution in [0.2, 0.25) is 0 Å². The summed E-state index contributed by atoms with van der Waals surface area (Å²) < 4.78 is 5.42. The second-order valence-electron chi connectivity index (χ2n) is 4.11. The molecule has 0 aromatic rings. The molecule has 1 saturated heterocycles. The number of urea groups is 1. The van der Waals surface area contributed by atoms with Gasteiger partial charge in [0.15, 0.2) is 0 Å². The number of rotatable bonds is 6. The minimum atomic E-state index is -1.08. The lowest BCUT2D eigenvalue weighted by molar-refractivity contribution is -0.137. The first-order valence-corrected chi connectivity index (χ1v) is 5.93. The minimum absolute atomic E-state index is 0.0158. The van der Waals surface area contributed by atoms with Gasteiger partial charge in [0.1, 0.15) is 6.54 Å². The van der Waals surface area contributed by atoms with Crippen molar-refractivity contribution in [3.8, 4) is 12.3 Å². The summed E-state index contributed by atoms with van der Waals surface area (Å²) in [5.41, 5.74) is 0. The molecule has 0 bridgehead atoms. The Balaban J connectivity index is 2.27. The van der Waals surface area contributed by atoms with E-state index in [0.717, 1.165) is 30.8 Å². The Kier molecular flexibility index (Phi) is 6.01. The molecule has 2 amide bonds. The number of carbonyl (C=O) groups is 2. The highest BCUT2D eigenvalue weighted by molar-refractivity contribution is 5.80. The molecule has 1 heterocycles. The van der Waals surface area contributed by atoms with Gasteiger partial charge in [-0.3, -0.25) is 4.79 Å². The Hall–Kier alpha value is -1.74. The Labute approximate surface area is 106 Å². The summed E-state index contributed by atoms with van der Waals surface area (Å²) in [5.74, 6) is 1.18. The molecule has 1 rings (SSSR count). The molecule has 0 aromatic carbocycles. The second kappa shape index (κ2) is 7.56. The second-order valence-corrected chi connectivity index (χ2v) is 4.11. The highest BCUT2D eigenvalue weighted by Crippen LogP contribution is 2.14. The van der Waals surface area contributed by atoms with Crippen LogP contribution >= 0.6 is 0 Å². The van der Waals surface area contributed by atoms with Crippen LogP contribution < -0.4 is 5.32 Å². The number of carboxylic acids is 1. The smallest absolute Gasteiger partial charge is 0.323 e. The van der Waals surface area contributed by atoms with Gasteiger partial charge in [0, 0.05) is 13.2 Å². The predicted molar refractivity (Wildman–Crippen MR) is 65.0 cm³/mol. The number of nitrogens with one attached hydrogen (secondary N) is 1. The fourth-order valence-electron chi connectivity index (χ4n) is 1.80. The molecule has 1 aliphatic rings. The number of nitrogens with zero attached hydrogens (tertiary/aromatic N) is 1. The molecule has 100 valence electrons. The van der Waals surface area contributed by atoms with Gasteiger partial charge in [-0.2, -0.15) is 0 Å². The largest absolute Gasteiger partial charge is 0.480 e. The summed E-state index contributed by atoms with van der Waals surface area (Å²) in [6, 6.07) is -0.451. The third kappa shape index (κ3) is 5.06. The zero-order valence-corrected chi connectivity index (χ0v) is 10.2. The van der Waals surface area contributed by atoms with E-state index < -0.39 is 18.5 Å². The molecule has 6 heteroatoms. The summed E-state index contributed by atoms with van der Waals surface area (Å²) in [5, 5.41) is 11.3. The summed E-state index contributed by atoms with van der Waals surface area (Å²) in [6.45, 7) is 0.832. The van der Waals surface area contributed by atoms with Gasteiger partial charge in [-0.15, -0.1) is 6.42 Å². The highest BCUT2D eigenvalue weighted by Gasteiger charge is 2.18. The Morgan fingerprint density at radius 2 is 2.33 bits per heavy atom. The molecular formula is C12H18N2O4. The van der Waals surface area contributed by atoms with Crippen LogP contribution in [0.15, 0.2) is 0 Å². The molecule has 1 fully saturated rings. The Morgan fingerprint density at radius 3 is 2.89 bits per heavy atom. The summed E-state index contributed by atoms with van der Waals surface area (Å²) in [7, 11) is 0. The maximum atomic E-state index is 11.7. The average Bonchev–Trinajstić information content (AvgIpc) is 2.81. The van der Waals surface area contributed by atoms with Crippen molar-refractivity contribution in [1.82, 2.24) is 10.2 Å². The van der Waals surface area contributed by atoms with Crippen molar-refractivity contribution in [1.29, 1.82) is 0 Å². The van der Waals surface area contributed by atoms with Crippen molar-refractivity contribution < 1.29 is 19.4 Å². The van der Waals surface area contributed by atoms with Crippen molar-refractivity contribution in [3.05, 3.63) is 0 Å². The van der Waals surface area contributed by atoms with Crippen molar-refractivity contribution in [2.45, 2.75) is 25.4 Å². The lowest BCUT2D eigenvalue weighted by Gasteiger charge is -2.19. The third-order valence-electron chi connectivity index (χ3n) is 2.66. The van der Waals surface area contributed by atoms with Crippen LogP contribution in [0, 0.1) is 12.3 Å². The molecule has 1 unspecified atom stereocenters. The molecule has 0 aliphatic carbocycles. The monoisotopic (exact) mass is 254 g/mol. The normalized spacial score (nSPS) is 18.1. The van der Waals surface area contributed by atoms with Gasteiger partial charge in [0.2, 0.25) is 0 Å². The number of hydrogen-bond donors (Lipinski definition) is 2. The predicted octanol–water partition coefficient (Wildman–Crippen LogP) is 0.285. The average molecular weight is 254 g/mol. The maximum absolute atomic E-state index is 11.7. The summed E-state index contributed by atoms with van der Waals surface area (Å²) >= 11 is 0. The van der Waals surface area contributed by atoms with Crippen LogP contribution in [-0.2, 0) is 9.53 Å². The topological polar surface area (TPSA) is 78.9 Å². The van der Waals surface area contributed by atoms with E-state index in [1.807, 2.05) is 0 Å². The van der Waals surface area contributed by atoms with Crippen LogP contribution in [-0.4, -0.2) is 54.4 Å². The van der Waals surface area contributed by atoms with E-state index in [1.165, 1.54) is 0 Å². The van der Waals surface area contributed by atoms with E-state index in [4.69, 9.17) is 16.3 Å². The van der Waals surface area contributed by atoms with Crippen molar-refractivity contribution in [2.24, 2.45) is 0 Å². The number of aliphatic carboxylic acids is 1. The number of ether oxygens (including phenoxy) is 1. The quantitative estimate of drug-likeness (QED) is 0.667. The number of amides is 2. The van der Waals surface area contributed by atoms with E-state index in [1.54, 1.807) is 0 Å². The van der Waals surface area contributed by atoms with Gasteiger partial charge in [0.05, 0.1) is 12.6 Å². The van der Waals surface area contributed by atoms with Gasteiger partial charge >= 0.3 is 12.0 Å². The SMILES string of the molecule is C#CCN(CC(=O)O)C(=O)NCCC1CCCO1. The molecule has 0 aromatic heterocycles. The molecule has 0 spiro atoms. The summed E-state index contributed by atoms with van der Waals surface area (Å²) in [6.07, 6.45) is 8.09. The molecular weight excluding hydrogens is 236 g/mol. The fraction of sp³-hybridized carbons (Fsp3) is 0.667. The number of hydrogen-bond acceptors (Lipinski definition) is 3. The van der Waals surface area contributed by atoms with Crippen molar-refractivity contribution >= 4 is 12.0 Å². The molecule has 18 heavy (non-hydrogen) atoms. The van der Waals surface area contributed by atoms with E-state index >= 15 is 0 Å². The first kappa shape index (κ1) is 14.3. The third-order valence-corrected chi connectivity index (χ3v) is 2.66. The molecule has 0 radical (unpaired) electrons. The molecule has 1 atom stereocenters. The standard InChI is InChI=1S/C12H18N2O4/c1-2-7-14(9-11(15)16)12(17)13-6-5-10-4-3-8-18-10/h1,10H,3-9H2,(H,13,17)(H,15,16). The highest BCUT2D eigenvalue weighted by atomic mass is 16.5. The zero-order chi connectivity index (χ0) is 13.4. The first-order chi connectivity index (χ1) is 8.63. The van der Waals surface area contributed by atoms with E-state index in [9.17, 15) is 9.59 Å². The van der Waals surface area contributed by atoms with Gasteiger partial charge in [-0.1, -0.05) is 5.92 Å². The molecule has 6 nitrogen and oxygen atoms in total. The van der Waals surface area contributed by atoms with Gasteiger partial charge in [-0.25, -0.2) is 4.79 Å². The van der Waals surface area contributed by atoms with E-state index in [-0.39, 0.29) is 12.6 Å². The lowest BCUT2D eigenvalue weighted by atomic mass is 10.2. The lowest BCUT2D eigenvalue weighted by Crippen LogP contribution is -2.43. The van der Waals surface area contributed by atoms with Crippen molar-refractivity contribution in [3.63, 3.8) is 0 Å². The van der Waals surface area contributed by atoms with Crippen LogP contribution in [0.1, 0.15) is 19.3 Å². The first-order valence-electron chi connectivity index (χ1n) is 5.93. The van der Waals surface area contributed by atoms with Crippen LogP contribution in [0.25, 0.3) is 0 Å². The summed E-state index contributed by atoms with van der Waals surface area (Å²) in [4.78, 5) is 23.3. The Morgan fingerprint density at radius 1 is 1.56 bits per heavy atom. The van der Waals surface area contributed by atoms with Crippen LogP contribution in [0.3, 0.4) is 0 Å². The molecule has 0 saturated carbocycles. The molecule has 2 N–H and O–H groups in total. The van der Waals surface area contributed by atoms with Gasteiger partial charge in [0.25, 0.3) is 0 Å². The maximum Gasteiger partial charge on any atom is 0.323 e. The number of terminal acetylenes is 1. The van der Waals surface area contributed by atoms with E-state index in [0.29, 0.717) is 6.54 Å². The number of carbonyl (C=O) groups excluding carboxylic acids is 1. The van der Waals surface area contributed by atoms with Gasteiger partial charge < -0.3 is 20.1 Å². The number of carboxylic acid groups (broad SMARTS) is 1. The molecule has 1 aliphatic heterocycles. The van der Waals surface area contributed by atoms with Crippen LogP contribution in [0.4, 0.5) is 4.79 Å². The Bertz CT molecular complexity index is 331. The zero-order valence-electron chi connectivity index (χ0n) is 10.2. The van der Waals surface area contributed by atoms with Crippen LogP contribution in [0.5, 0.6) is 0 Å². The van der Waals surface area contributed by atoms with Crippen molar-refractivity contribution in [2.75, 3.05) is 26.2 Å². The van der Waals surface area contributed by atoms with Gasteiger partial charge in [-0.05, 0) is 19.3 Å².